The van der Waals surface area contributed by atoms with Gasteiger partial charge in [-0.05, 0) is 31.0 Å². The molecule has 0 atom stereocenters. The second-order valence-corrected chi connectivity index (χ2v) is 5.18. The number of hydrogen-bond acceptors (Lipinski definition) is 2. The Hall–Kier alpha value is -1.80. The minimum atomic E-state index is 0.579. The first-order valence-electron chi connectivity index (χ1n) is 6.66. The topological polar surface area (TPSA) is 29.3 Å². The molecule has 0 aliphatic heterocycles. The summed E-state index contributed by atoms with van der Waals surface area (Å²) in [6, 6.07) is 15.1. The molecular formula is C17H22N2. The van der Waals surface area contributed by atoms with Gasteiger partial charge in [0, 0.05) is 25.8 Å². The maximum Gasteiger partial charge on any atom is 0.0426 e. The molecule has 0 aliphatic carbocycles. The van der Waals surface area contributed by atoms with Crippen molar-refractivity contribution in [1.29, 1.82) is 0 Å². The van der Waals surface area contributed by atoms with Crippen LogP contribution in [0.1, 0.15) is 22.3 Å². The van der Waals surface area contributed by atoms with Crippen molar-refractivity contribution in [2.75, 3.05) is 11.9 Å². The zero-order valence-electron chi connectivity index (χ0n) is 12.0. The molecule has 0 bridgehead atoms. The molecule has 2 nitrogen and oxygen atoms in total. The van der Waals surface area contributed by atoms with Crippen molar-refractivity contribution in [2.45, 2.75) is 26.9 Å². The van der Waals surface area contributed by atoms with Crippen LogP contribution in [-0.4, -0.2) is 7.05 Å². The van der Waals surface area contributed by atoms with Crippen LogP contribution >= 0.6 is 0 Å². The maximum atomic E-state index is 5.84. The summed E-state index contributed by atoms with van der Waals surface area (Å²) in [6.07, 6.45) is 0. The average molecular weight is 254 g/mol. The van der Waals surface area contributed by atoms with Crippen LogP contribution in [0.15, 0.2) is 42.5 Å². The predicted molar refractivity (Wildman–Crippen MR) is 82.4 cm³/mol. The van der Waals surface area contributed by atoms with E-state index in [1.165, 1.54) is 27.9 Å². The molecule has 0 saturated heterocycles. The highest BCUT2D eigenvalue weighted by atomic mass is 15.1. The number of aryl methyl sites for hydroxylation is 2. The van der Waals surface area contributed by atoms with E-state index >= 15 is 0 Å². The van der Waals surface area contributed by atoms with Crippen LogP contribution in [0.4, 0.5) is 5.69 Å². The van der Waals surface area contributed by atoms with Crippen LogP contribution in [0, 0.1) is 13.8 Å². The molecule has 0 aliphatic rings. The van der Waals surface area contributed by atoms with Gasteiger partial charge in [0.2, 0.25) is 0 Å². The van der Waals surface area contributed by atoms with Crippen molar-refractivity contribution < 1.29 is 0 Å². The largest absolute Gasteiger partial charge is 0.370 e. The Morgan fingerprint density at radius 2 is 1.58 bits per heavy atom. The molecule has 0 spiro atoms. The minimum Gasteiger partial charge on any atom is -0.370 e. The Balaban J connectivity index is 2.19. The van der Waals surface area contributed by atoms with Gasteiger partial charge in [-0.2, -0.15) is 0 Å². The highest BCUT2D eigenvalue weighted by Gasteiger charge is 2.07. The normalized spacial score (nSPS) is 10.5. The molecule has 19 heavy (non-hydrogen) atoms. The molecule has 0 heterocycles. The van der Waals surface area contributed by atoms with Gasteiger partial charge in [-0.15, -0.1) is 0 Å². The monoisotopic (exact) mass is 254 g/mol. The van der Waals surface area contributed by atoms with E-state index < -0.39 is 0 Å². The van der Waals surface area contributed by atoms with Gasteiger partial charge < -0.3 is 10.6 Å². The van der Waals surface area contributed by atoms with Crippen molar-refractivity contribution in [3.63, 3.8) is 0 Å². The first-order chi connectivity index (χ1) is 9.10. The molecule has 0 unspecified atom stereocenters. The summed E-state index contributed by atoms with van der Waals surface area (Å²) >= 11 is 0. The number of benzene rings is 2. The van der Waals surface area contributed by atoms with E-state index in [4.69, 9.17) is 5.73 Å². The van der Waals surface area contributed by atoms with Crippen molar-refractivity contribution in [3.8, 4) is 0 Å². The van der Waals surface area contributed by atoms with Crippen LogP contribution in [0.5, 0.6) is 0 Å². The molecule has 2 aromatic carbocycles. The van der Waals surface area contributed by atoms with Crippen LogP contribution in [0.3, 0.4) is 0 Å². The summed E-state index contributed by atoms with van der Waals surface area (Å²) in [5, 5.41) is 0. The fourth-order valence-corrected chi connectivity index (χ4v) is 2.30. The third-order valence-electron chi connectivity index (χ3n) is 3.41. The first-order valence-corrected chi connectivity index (χ1v) is 6.66. The van der Waals surface area contributed by atoms with Gasteiger partial charge >= 0.3 is 0 Å². The summed E-state index contributed by atoms with van der Waals surface area (Å²) in [4.78, 5) is 2.26. The Morgan fingerprint density at radius 3 is 2.21 bits per heavy atom. The Labute approximate surface area is 115 Å². The molecular weight excluding hydrogens is 232 g/mol. The van der Waals surface area contributed by atoms with Gasteiger partial charge in [-0.1, -0.05) is 47.5 Å². The summed E-state index contributed by atoms with van der Waals surface area (Å²) in [7, 11) is 2.11. The average Bonchev–Trinajstić information content (AvgIpc) is 2.41. The van der Waals surface area contributed by atoms with Crippen molar-refractivity contribution >= 4 is 5.69 Å². The van der Waals surface area contributed by atoms with Crippen LogP contribution in [0.25, 0.3) is 0 Å². The Bertz CT molecular complexity index is 544. The maximum absolute atomic E-state index is 5.84. The second kappa shape index (κ2) is 5.89. The van der Waals surface area contributed by atoms with Gasteiger partial charge in [-0.3, -0.25) is 0 Å². The van der Waals surface area contributed by atoms with Crippen LogP contribution < -0.4 is 10.6 Å². The fourth-order valence-electron chi connectivity index (χ4n) is 2.30. The van der Waals surface area contributed by atoms with Gasteiger partial charge in [-0.25, -0.2) is 0 Å². The highest BCUT2D eigenvalue weighted by Crippen LogP contribution is 2.22. The molecule has 100 valence electrons. The fraction of sp³-hybridized carbons (Fsp3) is 0.294. The number of nitrogens with two attached hydrogens (primary N) is 1. The zero-order chi connectivity index (χ0) is 13.8. The van der Waals surface area contributed by atoms with Gasteiger partial charge in [0.25, 0.3) is 0 Å². The lowest BCUT2D eigenvalue weighted by atomic mass is 10.1. The second-order valence-electron chi connectivity index (χ2n) is 5.18. The van der Waals surface area contributed by atoms with E-state index in [0.29, 0.717) is 6.54 Å². The van der Waals surface area contributed by atoms with E-state index in [1.54, 1.807) is 0 Å². The van der Waals surface area contributed by atoms with E-state index in [0.717, 1.165) is 6.54 Å². The number of anilines is 1. The quantitative estimate of drug-likeness (QED) is 0.906. The van der Waals surface area contributed by atoms with Crippen molar-refractivity contribution in [2.24, 2.45) is 5.73 Å². The SMILES string of the molecule is Cc1ccc(CN(C)c2ccc(C)cc2CN)cc1. The Morgan fingerprint density at radius 1 is 0.947 bits per heavy atom. The molecule has 0 saturated carbocycles. The predicted octanol–water partition coefficient (Wildman–Crippen LogP) is 3.40. The molecule has 0 aromatic heterocycles. The summed E-state index contributed by atoms with van der Waals surface area (Å²) in [5.74, 6) is 0. The summed E-state index contributed by atoms with van der Waals surface area (Å²) in [5.41, 5.74) is 12.1. The van der Waals surface area contributed by atoms with Gasteiger partial charge in [0.15, 0.2) is 0 Å². The van der Waals surface area contributed by atoms with E-state index in [2.05, 4.69) is 68.3 Å². The number of hydrogen-bond donors (Lipinski definition) is 1. The van der Waals surface area contributed by atoms with Gasteiger partial charge in [0.05, 0.1) is 0 Å². The molecule has 2 heteroatoms. The summed E-state index contributed by atoms with van der Waals surface area (Å²) < 4.78 is 0. The van der Waals surface area contributed by atoms with Crippen molar-refractivity contribution in [1.82, 2.24) is 0 Å². The lowest BCUT2D eigenvalue weighted by Gasteiger charge is -2.22. The molecule has 2 aromatic rings. The Kier molecular flexibility index (Phi) is 4.23. The standard InChI is InChI=1S/C17H22N2/c1-13-4-7-15(8-5-13)12-19(3)17-9-6-14(2)10-16(17)11-18/h4-10H,11-12,18H2,1-3H3. The van der Waals surface area contributed by atoms with E-state index in [1.807, 2.05) is 0 Å². The molecule has 0 radical (unpaired) electrons. The molecule has 2 N–H and O–H groups in total. The molecule has 0 amide bonds. The van der Waals surface area contributed by atoms with Crippen LogP contribution in [-0.2, 0) is 13.1 Å². The molecule has 0 fully saturated rings. The number of nitrogens with zero attached hydrogens (tertiary/aromatic N) is 1. The van der Waals surface area contributed by atoms with Crippen LogP contribution in [0.2, 0.25) is 0 Å². The first kappa shape index (κ1) is 13.6. The zero-order valence-corrected chi connectivity index (χ0v) is 12.0. The van der Waals surface area contributed by atoms with Gasteiger partial charge in [0.1, 0.15) is 0 Å². The summed E-state index contributed by atoms with van der Waals surface area (Å²) in [6.45, 7) is 5.69. The lowest BCUT2D eigenvalue weighted by molar-refractivity contribution is 0.902. The third-order valence-corrected chi connectivity index (χ3v) is 3.41. The highest BCUT2D eigenvalue weighted by molar-refractivity contribution is 5.54. The minimum absolute atomic E-state index is 0.579. The van der Waals surface area contributed by atoms with Crippen molar-refractivity contribution in [3.05, 3.63) is 64.7 Å². The number of rotatable bonds is 4. The lowest BCUT2D eigenvalue weighted by Crippen LogP contribution is -2.19. The third kappa shape index (κ3) is 3.36. The smallest absolute Gasteiger partial charge is 0.0426 e. The molecule has 2 rings (SSSR count). The van der Waals surface area contributed by atoms with E-state index in [9.17, 15) is 0 Å². The van der Waals surface area contributed by atoms with E-state index in [-0.39, 0.29) is 0 Å².